The van der Waals surface area contributed by atoms with Crippen molar-refractivity contribution in [1.29, 1.82) is 0 Å². The number of ether oxygens (including phenoxy) is 1. The second-order valence-corrected chi connectivity index (χ2v) is 2.81. The van der Waals surface area contributed by atoms with Gasteiger partial charge in [0.25, 0.3) is 0 Å². The topological polar surface area (TPSA) is 26.3 Å². The number of hydrogen-bond donors (Lipinski definition) is 0. The minimum absolute atomic E-state index is 0.129. The highest BCUT2D eigenvalue weighted by molar-refractivity contribution is 14.1. The lowest BCUT2D eigenvalue weighted by atomic mass is 10.2. The number of carbonyl (C=O) groups excluding carboxylic acids is 1. The zero-order valence-electron chi connectivity index (χ0n) is 5.99. The maximum Gasteiger partial charge on any atom is 0.344 e. The molecule has 0 fully saturated rings. The lowest BCUT2D eigenvalue weighted by Crippen LogP contribution is -2.33. The van der Waals surface area contributed by atoms with E-state index in [0.29, 0.717) is 0 Å². The van der Waals surface area contributed by atoms with Crippen molar-refractivity contribution in [2.45, 2.75) is 19.5 Å². The highest BCUT2D eigenvalue weighted by atomic mass is 127. The Morgan fingerprint density at radius 3 is 2.60 bits per heavy atom. The van der Waals surface area contributed by atoms with E-state index in [0.717, 1.165) is 0 Å². The van der Waals surface area contributed by atoms with Gasteiger partial charge in [0.05, 0.1) is 6.61 Å². The van der Waals surface area contributed by atoms with Crippen LogP contribution in [0.4, 0.5) is 4.39 Å². The number of carbonyl (C=O) groups is 1. The summed E-state index contributed by atoms with van der Waals surface area (Å²) >= 11 is 1.81. The maximum atomic E-state index is 12.9. The normalized spacial score (nSPS) is 16.0. The largest absolute Gasteiger partial charge is 0.464 e. The van der Waals surface area contributed by atoms with Gasteiger partial charge in [-0.25, -0.2) is 9.18 Å². The minimum Gasteiger partial charge on any atom is -0.464 e. The fraction of sp³-hybridized carbons (Fsp3) is 0.833. The van der Waals surface area contributed by atoms with Crippen molar-refractivity contribution in [3.63, 3.8) is 0 Å². The fourth-order valence-electron chi connectivity index (χ4n) is 0.336. The Balaban J connectivity index is 3.91. The van der Waals surface area contributed by atoms with E-state index in [1.54, 1.807) is 6.92 Å². The standard InChI is InChI=1S/C6H10FIO2/c1-3-10-5(9)6(2,7)4-8/h3-4H2,1-2H3. The molecule has 0 radical (unpaired) electrons. The minimum atomic E-state index is -1.82. The van der Waals surface area contributed by atoms with Crippen LogP contribution in [0, 0.1) is 0 Å². The van der Waals surface area contributed by atoms with Crippen molar-refractivity contribution in [1.82, 2.24) is 0 Å². The number of hydrogen-bond acceptors (Lipinski definition) is 2. The van der Waals surface area contributed by atoms with Gasteiger partial charge in [0.15, 0.2) is 0 Å². The molecule has 0 N–H and O–H groups in total. The molecule has 0 heterocycles. The molecule has 1 atom stereocenters. The van der Waals surface area contributed by atoms with Crippen LogP contribution in [0.3, 0.4) is 0 Å². The summed E-state index contributed by atoms with van der Waals surface area (Å²) in [7, 11) is 0. The molecular formula is C6H10FIO2. The van der Waals surface area contributed by atoms with Gasteiger partial charge in [-0.15, -0.1) is 0 Å². The molecule has 0 spiro atoms. The summed E-state index contributed by atoms with van der Waals surface area (Å²) in [6, 6.07) is 0. The van der Waals surface area contributed by atoms with Gasteiger partial charge in [0, 0.05) is 4.43 Å². The quantitative estimate of drug-likeness (QED) is 0.438. The third kappa shape index (κ3) is 2.81. The van der Waals surface area contributed by atoms with Crippen LogP contribution in [0.5, 0.6) is 0 Å². The second-order valence-electron chi connectivity index (χ2n) is 2.05. The van der Waals surface area contributed by atoms with Crippen LogP contribution >= 0.6 is 22.6 Å². The predicted octanol–water partition coefficient (Wildman–Crippen LogP) is 1.71. The Morgan fingerprint density at radius 1 is 1.80 bits per heavy atom. The summed E-state index contributed by atoms with van der Waals surface area (Å²) in [6.07, 6.45) is 0. The first-order valence-electron chi connectivity index (χ1n) is 2.96. The smallest absolute Gasteiger partial charge is 0.344 e. The van der Waals surface area contributed by atoms with Gasteiger partial charge in [-0.1, -0.05) is 22.6 Å². The van der Waals surface area contributed by atoms with Gasteiger partial charge in [0.1, 0.15) is 0 Å². The molecule has 0 aliphatic heterocycles. The summed E-state index contributed by atoms with van der Waals surface area (Å²) in [5, 5.41) is 0. The van der Waals surface area contributed by atoms with Gasteiger partial charge < -0.3 is 4.74 Å². The zero-order valence-corrected chi connectivity index (χ0v) is 8.14. The molecule has 0 aliphatic rings. The Labute approximate surface area is 73.3 Å². The second kappa shape index (κ2) is 4.10. The zero-order chi connectivity index (χ0) is 8.20. The summed E-state index contributed by atoms with van der Waals surface area (Å²) in [6.45, 7) is 3.10. The van der Waals surface area contributed by atoms with Crippen LogP contribution in [0.2, 0.25) is 0 Å². The SMILES string of the molecule is CCOC(=O)C(C)(F)CI. The van der Waals surface area contributed by atoms with Crippen LogP contribution in [0.1, 0.15) is 13.8 Å². The first-order valence-corrected chi connectivity index (χ1v) is 4.49. The van der Waals surface area contributed by atoms with Crippen LogP contribution in [-0.4, -0.2) is 22.7 Å². The molecule has 1 unspecified atom stereocenters. The number of alkyl halides is 2. The molecule has 60 valence electrons. The molecule has 0 aromatic heterocycles. The molecule has 0 bridgehead atoms. The van der Waals surface area contributed by atoms with Gasteiger partial charge in [-0.05, 0) is 13.8 Å². The van der Waals surface area contributed by atoms with Gasteiger partial charge >= 0.3 is 5.97 Å². The molecule has 0 rings (SSSR count). The molecule has 0 saturated carbocycles. The summed E-state index contributed by atoms with van der Waals surface area (Å²) in [5.74, 6) is -0.774. The highest BCUT2D eigenvalue weighted by Crippen LogP contribution is 2.15. The van der Waals surface area contributed by atoms with Crippen molar-refractivity contribution in [3.8, 4) is 0 Å². The molecule has 2 nitrogen and oxygen atoms in total. The molecular weight excluding hydrogens is 250 g/mol. The average Bonchev–Trinajstić information content (AvgIpc) is 1.89. The van der Waals surface area contributed by atoms with E-state index in [1.807, 2.05) is 22.6 Å². The van der Waals surface area contributed by atoms with E-state index < -0.39 is 11.6 Å². The monoisotopic (exact) mass is 260 g/mol. The van der Waals surface area contributed by atoms with E-state index in [2.05, 4.69) is 4.74 Å². The predicted molar refractivity (Wildman–Crippen MR) is 45.0 cm³/mol. The van der Waals surface area contributed by atoms with Crippen LogP contribution in [-0.2, 0) is 9.53 Å². The molecule has 0 amide bonds. The number of halogens is 2. The molecule has 10 heavy (non-hydrogen) atoms. The number of rotatable bonds is 3. The molecule has 0 aromatic carbocycles. The molecule has 4 heteroatoms. The fourth-order valence-corrected chi connectivity index (χ4v) is 0.648. The van der Waals surface area contributed by atoms with Crippen molar-refractivity contribution in [2.75, 3.05) is 11.0 Å². The van der Waals surface area contributed by atoms with E-state index in [9.17, 15) is 9.18 Å². The third-order valence-corrected chi connectivity index (χ3v) is 2.38. The van der Waals surface area contributed by atoms with Crippen molar-refractivity contribution in [3.05, 3.63) is 0 Å². The third-order valence-electron chi connectivity index (χ3n) is 0.952. The Hall–Kier alpha value is 0.130. The Morgan fingerprint density at radius 2 is 2.30 bits per heavy atom. The summed E-state index contributed by atoms with van der Waals surface area (Å²) in [4.78, 5) is 10.7. The molecule has 0 aliphatic carbocycles. The van der Waals surface area contributed by atoms with Gasteiger partial charge in [0.2, 0.25) is 5.67 Å². The Kier molecular flexibility index (Phi) is 4.15. The maximum absolute atomic E-state index is 12.9. The van der Waals surface area contributed by atoms with E-state index in [1.165, 1.54) is 6.92 Å². The van der Waals surface area contributed by atoms with E-state index in [4.69, 9.17) is 0 Å². The van der Waals surface area contributed by atoms with Gasteiger partial charge in [-0.2, -0.15) is 0 Å². The highest BCUT2D eigenvalue weighted by Gasteiger charge is 2.32. The molecule has 0 saturated heterocycles. The lowest BCUT2D eigenvalue weighted by molar-refractivity contribution is -0.154. The first-order chi connectivity index (χ1) is 4.54. The van der Waals surface area contributed by atoms with E-state index in [-0.39, 0.29) is 11.0 Å². The first kappa shape index (κ1) is 10.1. The molecule has 0 aromatic rings. The van der Waals surface area contributed by atoms with Crippen LogP contribution in [0.25, 0.3) is 0 Å². The summed E-state index contributed by atoms with van der Waals surface area (Å²) in [5.41, 5.74) is -1.82. The van der Waals surface area contributed by atoms with Crippen molar-refractivity contribution in [2.24, 2.45) is 0 Å². The van der Waals surface area contributed by atoms with Gasteiger partial charge in [-0.3, -0.25) is 0 Å². The van der Waals surface area contributed by atoms with Crippen molar-refractivity contribution >= 4 is 28.6 Å². The van der Waals surface area contributed by atoms with Crippen molar-refractivity contribution < 1.29 is 13.9 Å². The van der Waals surface area contributed by atoms with E-state index >= 15 is 0 Å². The summed E-state index contributed by atoms with van der Waals surface area (Å²) < 4.78 is 17.5. The number of esters is 1. The van der Waals surface area contributed by atoms with Crippen LogP contribution < -0.4 is 0 Å². The van der Waals surface area contributed by atoms with Crippen LogP contribution in [0.15, 0.2) is 0 Å². The average molecular weight is 260 g/mol. The lowest BCUT2D eigenvalue weighted by Gasteiger charge is -2.14. The Bertz CT molecular complexity index is 125.